The van der Waals surface area contributed by atoms with Gasteiger partial charge in [-0.1, -0.05) is 338 Å². The summed E-state index contributed by atoms with van der Waals surface area (Å²) >= 11 is 0. The van der Waals surface area contributed by atoms with Gasteiger partial charge in [-0.15, -0.1) is 0 Å². The highest BCUT2D eigenvalue weighted by atomic mass is 31.2. The van der Waals surface area contributed by atoms with E-state index in [0.29, 0.717) is 17.4 Å². The Hall–Kier alpha value is -2.55. The molecule has 0 heterocycles. The molecule has 9 nitrogen and oxygen atoms in total. The third-order valence-corrected chi connectivity index (χ3v) is 18.6. The lowest BCUT2D eigenvalue weighted by molar-refractivity contribution is -0.870. The molecule has 532 valence electrons. The smallest absolute Gasteiger partial charge is 0.306 e. The summed E-state index contributed by atoms with van der Waals surface area (Å²) < 4.78 is 30.5. The van der Waals surface area contributed by atoms with Crippen LogP contribution in [0, 0.1) is 0 Å². The number of amides is 1. The molecule has 0 saturated carbocycles. The Labute approximate surface area is 565 Å². The van der Waals surface area contributed by atoms with Crippen molar-refractivity contribution in [2.75, 3.05) is 40.9 Å². The van der Waals surface area contributed by atoms with Gasteiger partial charge in [0.15, 0.2) is 0 Å². The number of esters is 1. The van der Waals surface area contributed by atoms with Crippen molar-refractivity contribution >= 4 is 19.7 Å². The molecule has 3 atom stereocenters. The van der Waals surface area contributed by atoms with Crippen LogP contribution < -0.4 is 10.2 Å². The molecule has 1 N–H and O–H groups in total. The van der Waals surface area contributed by atoms with Crippen LogP contribution >= 0.6 is 7.82 Å². The van der Waals surface area contributed by atoms with Gasteiger partial charge in [0.1, 0.15) is 19.3 Å². The molecule has 91 heavy (non-hydrogen) atoms. The summed E-state index contributed by atoms with van der Waals surface area (Å²) in [5, 5.41) is 3.05. The first-order valence-corrected chi connectivity index (χ1v) is 40.7. The van der Waals surface area contributed by atoms with Gasteiger partial charge in [-0.3, -0.25) is 14.2 Å². The van der Waals surface area contributed by atoms with Gasteiger partial charge in [0.2, 0.25) is 5.91 Å². The van der Waals surface area contributed by atoms with E-state index in [9.17, 15) is 19.0 Å². The third kappa shape index (κ3) is 71.6. The summed E-state index contributed by atoms with van der Waals surface area (Å²) in [6, 6.07) is -0.892. The minimum Gasteiger partial charge on any atom is -0.756 e. The molecule has 0 aromatic rings. The Kier molecular flexibility index (Phi) is 68.3. The number of likely N-dealkylation sites (N-methyl/N-ethyl adjacent to an activating group) is 1. The van der Waals surface area contributed by atoms with Crippen molar-refractivity contribution in [2.24, 2.45) is 0 Å². The molecule has 0 saturated heterocycles. The van der Waals surface area contributed by atoms with E-state index in [1.807, 2.05) is 33.3 Å². The molecule has 0 radical (unpaired) electrons. The van der Waals surface area contributed by atoms with E-state index in [1.54, 1.807) is 0 Å². The number of quaternary nitrogens is 1. The highest BCUT2D eigenvalue weighted by molar-refractivity contribution is 7.45. The number of phosphoric acid groups is 1. The third-order valence-electron chi connectivity index (χ3n) is 17.6. The molecule has 0 rings (SSSR count). The first kappa shape index (κ1) is 88.5. The molecule has 0 aliphatic heterocycles. The molecule has 0 aromatic carbocycles. The van der Waals surface area contributed by atoms with Crippen molar-refractivity contribution in [3.05, 3.63) is 72.9 Å². The number of carbonyl (C=O) groups excluding carboxylic acids is 2. The van der Waals surface area contributed by atoms with Crippen LogP contribution in [0.25, 0.3) is 0 Å². The Morgan fingerprint density at radius 3 is 1.03 bits per heavy atom. The van der Waals surface area contributed by atoms with Gasteiger partial charge < -0.3 is 28.5 Å². The number of phosphoric ester groups is 1. The first-order valence-electron chi connectivity index (χ1n) is 39.2. The Bertz CT molecular complexity index is 1780. The van der Waals surface area contributed by atoms with Crippen molar-refractivity contribution in [2.45, 2.75) is 392 Å². The fraction of sp³-hybridized carbons (Fsp3) is 0.827. The van der Waals surface area contributed by atoms with Crippen LogP contribution in [0.5, 0.6) is 0 Å². The van der Waals surface area contributed by atoms with Gasteiger partial charge in [-0.05, 0) is 102 Å². The SMILES string of the molecule is CCCCC/C=C\C/C=C\C/C=C\C/C=C\CCCCCCCCCCCCCC(=O)OC(/C=C/CCCCCCCCCCC)C(COP(=O)([O-])OCC[N+](C)(C)C)NC(=O)CCCCCCCCCCCCCCCCCCC/C=C/CCCCCCCC. The van der Waals surface area contributed by atoms with Crippen LogP contribution in [0.4, 0.5) is 0 Å². The topological polar surface area (TPSA) is 114 Å². The molecule has 0 spiro atoms. The van der Waals surface area contributed by atoms with Crippen LogP contribution in [0.15, 0.2) is 72.9 Å². The predicted molar refractivity (Wildman–Crippen MR) is 395 cm³/mol. The average molecular weight is 1300 g/mol. The van der Waals surface area contributed by atoms with Gasteiger partial charge in [0.25, 0.3) is 7.82 Å². The number of nitrogens with one attached hydrogen (secondary N) is 1. The van der Waals surface area contributed by atoms with E-state index in [0.717, 1.165) is 77.0 Å². The van der Waals surface area contributed by atoms with Crippen molar-refractivity contribution in [1.29, 1.82) is 0 Å². The number of nitrogens with zero attached hydrogens (tertiary/aromatic N) is 1. The van der Waals surface area contributed by atoms with Crippen LogP contribution in [0.3, 0.4) is 0 Å². The fourth-order valence-corrected chi connectivity index (χ4v) is 12.3. The molecule has 10 heteroatoms. The second-order valence-electron chi connectivity index (χ2n) is 27.9. The summed E-state index contributed by atoms with van der Waals surface area (Å²) in [5.41, 5.74) is 0. The van der Waals surface area contributed by atoms with Crippen molar-refractivity contribution in [3.8, 4) is 0 Å². The maximum atomic E-state index is 13.6. The van der Waals surface area contributed by atoms with Gasteiger partial charge in [-0.2, -0.15) is 0 Å². The average Bonchev–Trinajstić information content (AvgIpc) is 3.03. The fourth-order valence-electron chi connectivity index (χ4n) is 11.6. The summed E-state index contributed by atoms with van der Waals surface area (Å²) in [6.07, 6.45) is 93.3. The number of carbonyl (C=O) groups is 2. The number of unbranched alkanes of at least 4 members (excludes halogenated alkanes) is 46. The summed E-state index contributed by atoms with van der Waals surface area (Å²) in [7, 11) is 1.19. The molecule has 0 bridgehead atoms. The van der Waals surface area contributed by atoms with E-state index >= 15 is 0 Å². The lowest BCUT2D eigenvalue weighted by atomic mass is 10.0. The Morgan fingerprint density at radius 1 is 0.385 bits per heavy atom. The van der Waals surface area contributed by atoms with Crippen molar-refractivity contribution in [1.82, 2.24) is 5.32 Å². The number of rotatable bonds is 72. The normalized spacial score (nSPS) is 13.8. The molecule has 0 fully saturated rings. The Balaban J connectivity index is 4.89. The molecule has 3 unspecified atom stereocenters. The summed E-state index contributed by atoms with van der Waals surface area (Å²) in [6.45, 7) is 6.86. The first-order chi connectivity index (χ1) is 44.4. The zero-order valence-electron chi connectivity index (χ0n) is 61.1. The predicted octanol–water partition coefficient (Wildman–Crippen LogP) is 24.8. The maximum Gasteiger partial charge on any atom is 0.306 e. The van der Waals surface area contributed by atoms with E-state index in [-0.39, 0.29) is 31.5 Å². The van der Waals surface area contributed by atoms with E-state index in [2.05, 4.69) is 86.8 Å². The van der Waals surface area contributed by atoms with E-state index < -0.39 is 20.0 Å². The zero-order valence-corrected chi connectivity index (χ0v) is 61.9. The number of hydrogen-bond donors (Lipinski definition) is 1. The van der Waals surface area contributed by atoms with Crippen LogP contribution in [-0.2, 0) is 27.9 Å². The highest BCUT2D eigenvalue weighted by Gasteiger charge is 2.27. The zero-order chi connectivity index (χ0) is 66.3. The maximum absolute atomic E-state index is 13.6. The van der Waals surface area contributed by atoms with Crippen molar-refractivity contribution in [3.63, 3.8) is 0 Å². The van der Waals surface area contributed by atoms with Gasteiger partial charge in [0.05, 0.1) is 33.8 Å². The quantitative estimate of drug-likeness (QED) is 0.0212. The summed E-state index contributed by atoms with van der Waals surface area (Å²) in [4.78, 5) is 40.3. The van der Waals surface area contributed by atoms with Gasteiger partial charge >= 0.3 is 5.97 Å². The number of allylic oxidation sites excluding steroid dienone is 11. The number of hydrogen-bond acceptors (Lipinski definition) is 7. The van der Waals surface area contributed by atoms with E-state index in [4.69, 9.17) is 13.8 Å². The molecule has 1 amide bonds. The van der Waals surface area contributed by atoms with E-state index in [1.165, 1.54) is 270 Å². The van der Waals surface area contributed by atoms with Gasteiger partial charge in [-0.25, -0.2) is 0 Å². The molecule has 0 aliphatic carbocycles. The second-order valence-corrected chi connectivity index (χ2v) is 29.3. The molecular formula is C81H151N2O7P. The lowest BCUT2D eigenvalue weighted by Gasteiger charge is -2.30. The van der Waals surface area contributed by atoms with Gasteiger partial charge in [0, 0.05) is 12.8 Å². The lowest BCUT2D eigenvalue weighted by Crippen LogP contribution is -2.47. The molecule has 0 aliphatic rings. The standard InChI is InChI=1S/C81H151N2O7P/c1-7-10-13-16-19-22-25-27-29-31-33-35-37-39-41-43-45-47-49-51-53-55-58-61-64-67-70-73-80(84)82-78(77-89-91(86,87)88-76-75-83(4,5)6)79(72-69-66-63-60-57-24-21-18-15-12-9-3)90-81(85)74-71-68-65-62-59-56-54-52-50-48-46-44-42-40-38-36-34-32-30-28-26-23-20-17-14-11-8-2/h20,23,27-30,34,36,40,42,69,72,78-79H,7-19,21-22,24-26,31-33,35,37-39,41,43-68,70-71,73-77H2,1-6H3,(H-,82,84,86,87)/b23-20-,29-27+,30-28-,36-34-,42-40-,72-69+. The van der Waals surface area contributed by atoms with Crippen LogP contribution in [-0.4, -0.2) is 69.4 Å². The molecular weight excluding hydrogens is 1140 g/mol. The minimum atomic E-state index is -4.71. The Morgan fingerprint density at radius 2 is 0.670 bits per heavy atom. The largest absolute Gasteiger partial charge is 0.756 e. The van der Waals surface area contributed by atoms with Crippen LogP contribution in [0.2, 0.25) is 0 Å². The minimum absolute atomic E-state index is 0.0228. The highest BCUT2D eigenvalue weighted by Crippen LogP contribution is 2.38. The second kappa shape index (κ2) is 70.3. The molecule has 0 aromatic heterocycles. The van der Waals surface area contributed by atoms with Crippen LogP contribution in [0.1, 0.15) is 380 Å². The summed E-state index contributed by atoms with van der Waals surface area (Å²) in [5.74, 6) is -0.530. The van der Waals surface area contributed by atoms with Crippen molar-refractivity contribution < 1.29 is 37.3 Å². The number of ether oxygens (including phenoxy) is 1. The monoisotopic (exact) mass is 1300 g/mol.